The van der Waals surface area contributed by atoms with Gasteiger partial charge in [0.15, 0.2) is 0 Å². The maximum Gasteiger partial charge on any atom is 0.0937 e. The van der Waals surface area contributed by atoms with Crippen LogP contribution in [-0.4, -0.2) is 25.4 Å². The molecule has 2 nitrogen and oxygen atoms in total. The van der Waals surface area contributed by atoms with Gasteiger partial charge in [-0.05, 0) is 96.2 Å². The summed E-state index contributed by atoms with van der Waals surface area (Å²) in [6.07, 6.45) is 3.00. The van der Waals surface area contributed by atoms with Crippen LogP contribution in [0.5, 0.6) is 0 Å². The van der Waals surface area contributed by atoms with E-state index in [2.05, 4.69) is 57.7 Å². The molecule has 0 radical (unpaired) electrons. The van der Waals surface area contributed by atoms with Gasteiger partial charge in [0.2, 0.25) is 0 Å². The Balaban J connectivity index is 1.78. The fourth-order valence-corrected chi connectivity index (χ4v) is 4.94. The van der Waals surface area contributed by atoms with Crippen LogP contribution in [0.3, 0.4) is 0 Å². The molecule has 2 aliphatic heterocycles. The molecule has 1 atom stereocenters. The third-order valence-corrected chi connectivity index (χ3v) is 7.16. The highest BCUT2D eigenvalue weighted by Crippen LogP contribution is 2.47. The number of benzene rings is 2. The average molecular weight is 423 g/mol. The minimum atomic E-state index is -0.347. The van der Waals surface area contributed by atoms with Crippen molar-refractivity contribution in [3.63, 3.8) is 0 Å². The van der Waals surface area contributed by atoms with Gasteiger partial charge < -0.3 is 9.47 Å². The average Bonchev–Trinajstić information content (AvgIpc) is 2.77. The first-order chi connectivity index (χ1) is 14.4. The van der Waals surface area contributed by atoms with Gasteiger partial charge in [-0.3, -0.25) is 0 Å². The molecule has 0 bridgehead atoms. The van der Waals surface area contributed by atoms with Crippen molar-refractivity contribution in [1.82, 2.24) is 0 Å². The van der Waals surface area contributed by atoms with Gasteiger partial charge in [0.25, 0.3) is 0 Å². The third-order valence-electron chi connectivity index (χ3n) is 6.91. The minimum Gasteiger partial charge on any atom is -0.381 e. The Kier molecular flexibility index (Phi) is 6.20. The van der Waals surface area contributed by atoms with Gasteiger partial charge in [0.05, 0.1) is 12.2 Å². The number of aryl methyl sites for hydroxylation is 1. The Morgan fingerprint density at radius 3 is 2.40 bits per heavy atom. The summed E-state index contributed by atoms with van der Waals surface area (Å²) >= 11 is 6.10. The molecule has 30 heavy (non-hydrogen) atoms. The maximum atomic E-state index is 6.51. The van der Waals surface area contributed by atoms with Crippen molar-refractivity contribution in [2.75, 3.05) is 19.8 Å². The van der Waals surface area contributed by atoms with E-state index in [4.69, 9.17) is 21.1 Å². The number of hydrogen-bond acceptors (Lipinski definition) is 2. The Bertz CT molecular complexity index is 967. The topological polar surface area (TPSA) is 18.5 Å². The molecule has 0 saturated carbocycles. The summed E-state index contributed by atoms with van der Waals surface area (Å²) in [6, 6.07) is 14.8. The van der Waals surface area contributed by atoms with E-state index in [1.165, 1.54) is 33.4 Å². The van der Waals surface area contributed by atoms with Crippen LogP contribution in [0.1, 0.15) is 44.2 Å². The SMILES string of the molecule is C=C1C(c2cc(-c3ccc(Cl)cc3)ccc2C)=C(CC)COC1(C)C1CCOCC1. The first-order valence-electron chi connectivity index (χ1n) is 10.9. The second-order valence-corrected chi connectivity index (χ2v) is 9.07. The van der Waals surface area contributed by atoms with Crippen molar-refractivity contribution < 1.29 is 9.47 Å². The van der Waals surface area contributed by atoms with E-state index >= 15 is 0 Å². The molecule has 0 aliphatic carbocycles. The quantitative estimate of drug-likeness (QED) is 0.516. The molecule has 2 heterocycles. The zero-order valence-corrected chi connectivity index (χ0v) is 19.0. The van der Waals surface area contributed by atoms with E-state index < -0.39 is 0 Å². The molecule has 0 aromatic heterocycles. The first kappa shape index (κ1) is 21.4. The van der Waals surface area contributed by atoms with Crippen LogP contribution < -0.4 is 0 Å². The maximum absolute atomic E-state index is 6.51. The van der Waals surface area contributed by atoms with Crippen molar-refractivity contribution >= 4 is 17.2 Å². The number of ether oxygens (including phenoxy) is 2. The predicted molar refractivity (Wildman–Crippen MR) is 126 cm³/mol. The molecule has 1 fully saturated rings. The Hall–Kier alpha value is -1.87. The highest BCUT2D eigenvalue weighted by Gasteiger charge is 2.43. The van der Waals surface area contributed by atoms with E-state index in [1.54, 1.807) is 0 Å². The van der Waals surface area contributed by atoms with Crippen molar-refractivity contribution in [1.29, 1.82) is 0 Å². The number of hydrogen-bond donors (Lipinski definition) is 0. The van der Waals surface area contributed by atoms with E-state index in [0.29, 0.717) is 12.5 Å². The highest BCUT2D eigenvalue weighted by molar-refractivity contribution is 6.30. The van der Waals surface area contributed by atoms with E-state index in [0.717, 1.165) is 43.1 Å². The number of halogens is 1. The second-order valence-electron chi connectivity index (χ2n) is 8.63. The van der Waals surface area contributed by atoms with Crippen molar-refractivity contribution in [2.24, 2.45) is 5.92 Å². The zero-order chi connectivity index (χ0) is 21.3. The zero-order valence-electron chi connectivity index (χ0n) is 18.3. The molecule has 2 aromatic carbocycles. The van der Waals surface area contributed by atoms with E-state index in [1.807, 2.05) is 12.1 Å². The van der Waals surface area contributed by atoms with Crippen LogP contribution in [0.25, 0.3) is 16.7 Å². The summed E-state index contributed by atoms with van der Waals surface area (Å²) in [5.41, 5.74) is 8.31. The molecule has 1 saturated heterocycles. The van der Waals surface area contributed by atoms with Crippen molar-refractivity contribution in [2.45, 2.75) is 45.6 Å². The van der Waals surface area contributed by atoms with Gasteiger partial charge >= 0.3 is 0 Å². The Morgan fingerprint density at radius 2 is 1.73 bits per heavy atom. The van der Waals surface area contributed by atoms with Gasteiger partial charge in [0, 0.05) is 18.2 Å². The fourth-order valence-electron chi connectivity index (χ4n) is 4.82. The molecule has 2 aliphatic rings. The molecular formula is C27H31ClO2. The van der Waals surface area contributed by atoms with Gasteiger partial charge in [-0.25, -0.2) is 0 Å². The lowest BCUT2D eigenvalue weighted by atomic mass is 9.71. The predicted octanol–water partition coefficient (Wildman–Crippen LogP) is 7.25. The van der Waals surface area contributed by atoms with Gasteiger partial charge in [-0.15, -0.1) is 0 Å². The van der Waals surface area contributed by atoms with Gasteiger partial charge in [-0.2, -0.15) is 0 Å². The summed E-state index contributed by atoms with van der Waals surface area (Å²) in [7, 11) is 0. The summed E-state index contributed by atoms with van der Waals surface area (Å²) in [5, 5.41) is 0.757. The van der Waals surface area contributed by atoms with Crippen LogP contribution in [-0.2, 0) is 9.47 Å². The van der Waals surface area contributed by atoms with Crippen LogP contribution in [0.2, 0.25) is 5.02 Å². The lowest BCUT2D eigenvalue weighted by molar-refractivity contribution is -0.0728. The molecule has 0 spiro atoms. The lowest BCUT2D eigenvalue weighted by Crippen LogP contribution is -2.45. The molecule has 158 valence electrons. The standard InChI is InChI=1S/C27H31ClO2/c1-5-20-17-30-27(4,23-12-14-29-15-13-23)19(3)26(20)25-16-22(7-6-18(25)2)21-8-10-24(28)11-9-21/h6-11,16,23H,3,5,12-15,17H2,1-2,4H3. The summed E-state index contributed by atoms with van der Waals surface area (Å²) < 4.78 is 12.1. The van der Waals surface area contributed by atoms with Gasteiger partial charge in [0.1, 0.15) is 0 Å². The minimum absolute atomic E-state index is 0.347. The Labute approximate surface area is 185 Å². The van der Waals surface area contributed by atoms with Crippen LogP contribution >= 0.6 is 11.6 Å². The fraction of sp³-hybridized carbons (Fsp3) is 0.407. The normalized spacial score (nSPS) is 23.1. The largest absolute Gasteiger partial charge is 0.381 e. The summed E-state index contributed by atoms with van der Waals surface area (Å²) in [6.45, 7) is 13.5. The van der Waals surface area contributed by atoms with Crippen LogP contribution in [0, 0.1) is 12.8 Å². The molecule has 2 aromatic rings. The van der Waals surface area contributed by atoms with Crippen LogP contribution in [0.15, 0.2) is 60.2 Å². The lowest BCUT2D eigenvalue weighted by Gasteiger charge is -2.45. The second kappa shape index (κ2) is 8.70. The van der Waals surface area contributed by atoms with E-state index in [-0.39, 0.29) is 5.60 Å². The first-order valence-corrected chi connectivity index (χ1v) is 11.3. The smallest absolute Gasteiger partial charge is 0.0937 e. The third kappa shape index (κ3) is 3.89. The molecule has 0 N–H and O–H groups in total. The summed E-state index contributed by atoms with van der Waals surface area (Å²) in [5.74, 6) is 0.437. The summed E-state index contributed by atoms with van der Waals surface area (Å²) in [4.78, 5) is 0. The Morgan fingerprint density at radius 1 is 1.07 bits per heavy atom. The van der Waals surface area contributed by atoms with Crippen LogP contribution in [0.4, 0.5) is 0 Å². The van der Waals surface area contributed by atoms with E-state index in [9.17, 15) is 0 Å². The number of rotatable bonds is 4. The monoisotopic (exact) mass is 422 g/mol. The molecule has 0 amide bonds. The molecular weight excluding hydrogens is 392 g/mol. The van der Waals surface area contributed by atoms with Crippen molar-refractivity contribution in [3.05, 3.63) is 76.3 Å². The highest BCUT2D eigenvalue weighted by atomic mass is 35.5. The van der Waals surface area contributed by atoms with Gasteiger partial charge in [-0.1, -0.05) is 49.4 Å². The molecule has 1 unspecified atom stereocenters. The van der Waals surface area contributed by atoms with Crippen molar-refractivity contribution in [3.8, 4) is 11.1 Å². The molecule has 3 heteroatoms. The molecule has 4 rings (SSSR count).